The standard InChI is InChI=1S/2C11H16NO5PS/c2*1-8(2)16-18(19,12-15-3)17-11(14)9-6-4-5-7-10(9)13/h2*4-8,13H,1-3H3,(H,12,19). The number of carbonyl (C=O) groups excluding carboxylic acids is 2. The molecule has 0 aromatic heterocycles. The van der Waals surface area contributed by atoms with E-state index in [2.05, 4.69) is 10.5 Å². The van der Waals surface area contributed by atoms with Crippen molar-refractivity contribution in [2.45, 2.75) is 39.9 Å². The van der Waals surface area contributed by atoms with Gasteiger partial charge in [0.05, 0.1) is 26.4 Å². The third-order valence-electron chi connectivity index (χ3n) is 3.76. The van der Waals surface area contributed by atoms with Crippen LogP contribution in [-0.4, -0.2) is 48.6 Å². The van der Waals surface area contributed by atoms with E-state index in [9.17, 15) is 19.8 Å². The quantitative estimate of drug-likeness (QED) is 0.194. The van der Waals surface area contributed by atoms with E-state index < -0.39 is 25.2 Å². The van der Waals surface area contributed by atoms with Crippen LogP contribution in [0.5, 0.6) is 11.5 Å². The monoisotopic (exact) mass is 610 g/mol. The highest BCUT2D eigenvalue weighted by atomic mass is 32.5. The van der Waals surface area contributed by atoms with E-state index in [-0.39, 0.29) is 34.8 Å². The van der Waals surface area contributed by atoms with Gasteiger partial charge in [0.1, 0.15) is 22.6 Å². The minimum Gasteiger partial charge on any atom is -0.507 e. The van der Waals surface area contributed by atoms with Crippen molar-refractivity contribution in [1.82, 2.24) is 10.5 Å². The zero-order valence-corrected chi connectivity index (χ0v) is 25.1. The summed E-state index contributed by atoms with van der Waals surface area (Å²) in [6.07, 6.45) is -0.490. The molecule has 0 aliphatic rings. The largest absolute Gasteiger partial charge is 0.507 e. The zero-order valence-electron chi connectivity index (χ0n) is 21.6. The van der Waals surface area contributed by atoms with Crippen molar-refractivity contribution in [1.29, 1.82) is 0 Å². The number of phenols is 2. The summed E-state index contributed by atoms with van der Waals surface area (Å²) in [4.78, 5) is 33.3. The van der Waals surface area contributed by atoms with Gasteiger partial charge in [0, 0.05) is 0 Å². The van der Waals surface area contributed by atoms with Crippen LogP contribution in [-0.2, 0) is 51.4 Å². The van der Waals surface area contributed by atoms with Gasteiger partial charge in [0.25, 0.3) is 0 Å². The molecule has 0 fully saturated rings. The van der Waals surface area contributed by atoms with Gasteiger partial charge in [-0.2, -0.15) is 0 Å². The van der Waals surface area contributed by atoms with E-state index in [1.807, 2.05) is 0 Å². The van der Waals surface area contributed by atoms with Crippen LogP contribution in [0.1, 0.15) is 48.4 Å². The maximum Gasteiger partial charge on any atom is 0.347 e. The van der Waals surface area contributed by atoms with Crippen LogP contribution in [0.4, 0.5) is 0 Å². The topological polar surface area (TPSA) is 154 Å². The molecule has 4 N–H and O–H groups in total. The van der Waals surface area contributed by atoms with Crippen molar-refractivity contribution in [2.24, 2.45) is 0 Å². The Morgan fingerprint density at radius 2 is 1.03 bits per heavy atom. The Morgan fingerprint density at radius 3 is 1.29 bits per heavy atom. The molecule has 0 bridgehead atoms. The number of phenolic OH excluding ortho intramolecular Hbond substituents is 2. The molecule has 0 radical (unpaired) electrons. The maximum atomic E-state index is 11.9. The summed E-state index contributed by atoms with van der Waals surface area (Å²) >= 11 is 10.2. The number of hydrogen-bond donors (Lipinski definition) is 4. The molecule has 16 heteroatoms. The molecule has 2 atom stereocenters. The number of rotatable bonds is 12. The summed E-state index contributed by atoms with van der Waals surface area (Å²) in [6, 6.07) is 12.0. The maximum absolute atomic E-state index is 11.9. The molecule has 0 amide bonds. The first-order chi connectivity index (χ1) is 17.8. The average Bonchev–Trinajstić information content (AvgIpc) is 2.78. The molecule has 2 rings (SSSR count). The molecule has 2 unspecified atom stereocenters. The number of hydrogen-bond acceptors (Lipinski definition) is 12. The van der Waals surface area contributed by atoms with E-state index in [0.717, 1.165) is 0 Å². The molecule has 2 aromatic rings. The molecule has 0 aliphatic carbocycles. The van der Waals surface area contributed by atoms with Gasteiger partial charge in [-0.25, -0.2) is 9.59 Å². The Balaban J connectivity index is 0.000000380. The van der Waals surface area contributed by atoms with Crippen molar-refractivity contribution in [3.05, 3.63) is 59.7 Å². The molecule has 12 nitrogen and oxygen atoms in total. The van der Waals surface area contributed by atoms with Crippen molar-refractivity contribution < 1.29 is 47.6 Å². The second-order valence-electron chi connectivity index (χ2n) is 7.69. The van der Waals surface area contributed by atoms with Crippen molar-refractivity contribution in [3.63, 3.8) is 0 Å². The molecule has 0 spiro atoms. The lowest BCUT2D eigenvalue weighted by atomic mass is 10.2. The van der Waals surface area contributed by atoms with Gasteiger partial charge in [-0.15, -0.1) is 10.5 Å². The van der Waals surface area contributed by atoms with Crippen molar-refractivity contribution in [3.8, 4) is 11.5 Å². The number of benzene rings is 2. The van der Waals surface area contributed by atoms with E-state index in [1.165, 1.54) is 38.5 Å². The first-order valence-corrected chi connectivity index (χ1v) is 16.2. The average molecular weight is 611 g/mol. The number of para-hydroxylation sites is 2. The van der Waals surface area contributed by atoms with E-state index in [4.69, 9.17) is 51.4 Å². The van der Waals surface area contributed by atoms with Crippen molar-refractivity contribution >= 4 is 48.8 Å². The number of aromatic hydroxyl groups is 2. The lowest BCUT2D eigenvalue weighted by Gasteiger charge is -2.23. The Bertz CT molecular complexity index is 1080. The van der Waals surface area contributed by atoms with Gasteiger partial charge in [-0.1, -0.05) is 24.3 Å². The first kappa shape index (κ1) is 34.1. The minimum absolute atomic E-state index is 0.0157. The Labute approximate surface area is 231 Å². The molecular weight excluding hydrogens is 578 g/mol. The lowest BCUT2D eigenvalue weighted by molar-refractivity contribution is 0.0623. The Morgan fingerprint density at radius 1 is 0.711 bits per heavy atom. The predicted octanol–water partition coefficient (Wildman–Crippen LogP) is 4.70. The summed E-state index contributed by atoms with van der Waals surface area (Å²) in [6.45, 7) is 0.792. The fraction of sp³-hybridized carbons (Fsp3) is 0.364. The minimum atomic E-state index is -3.12. The summed E-state index contributed by atoms with van der Waals surface area (Å²) in [5, 5.41) is 23.9. The van der Waals surface area contributed by atoms with Crippen LogP contribution in [0.15, 0.2) is 48.5 Å². The normalized spacial score (nSPS) is 14.1. The highest BCUT2D eigenvalue weighted by molar-refractivity contribution is 8.09. The summed E-state index contributed by atoms with van der Waals surface area (Å²) in [7, 11) is 2.69. The van der Waals surface area contributed by atoms with E-state index in [1.54, 1.807) is 52.0 Å². The fourth-order valence-corrected chi connectivity index (χ4v) is 6.83. The fourth-order valence-electron chi connectivity index (χ4n) is 2.51. The summed E-state index contributed by atoms with van der Waals surface area (Å²) in [5.41, 5.74) is 0.0315. The third kappa shape index (κ3) is 11.8. The second-order valence-corrected chi connectivity index (χ2v) is 13.7. The molecule has 2 aromatic carbocycles. The van der Waals surface area contributed by atoms with Crippen LogP contribution in [0.25, 0.3) is 0 Å². The van der Waals surface area contributed by atoms with Crippen LogP contribution in [0.3, 0.4) is 0 Å². The van der Waals surface area contributed by atoms with Gasteiger partial charge in [0.2, 0.25) is 0 Å². The molecular formula is C22H32N2O10P2S2. The molecule has 0 aliphatic heterocycles. The molecule has 0 saturated heterocycles. The molecule has 212 valence electrons. The molecule has 38 heavy (non-hydrogen) atoms. The van der Waals surface area contributed by atoms with Gasteiger partial charge >= 0.3 is 25.2 Å². The third-order valence-corrected chi connectivity index (χ3v) is 8.19. The lowest BCUT2D eigenvalue weighted by Crippen LogP contribution is -2.19. The van der Waals surface area contributed by atoms with Gasteiger partial charge in [-0.3, -0.25) is 9.68 Å². The second kappa shape index (κ2) is 16.2. The first-order valence-electron chi connectivity index (χ1n) is 11.0. The Kier molecular flexibility index (Phi) is 14.5. The van der Waals surface area contributed by atoms with Crippen LogP contribution in [0.2, 0.25) is 0 Å². The van der Waals surface area contributed by atoms with Gasteiger partial charge in [-0.05, 0) is 75.6 Å². The van der Waals surface area contributed by atoms with Gasteiger partial charge in [0.15, 0.2) is 0 Å². The SMILES string of the molecule is CONP(=S)(OC(=O)c1ccccc1O)OC(C)C.CONP(=S)(OC(=O)c1ccccc1O)OC(C)C. The Hall–Kier alpha value is -1.96. The highest BCUT2D eigenvalue weighted by Gasteiger charge is 2.28. The summed E-state index contributed by atoms with van der Waals surface area (Å²) < 4.78 is 21.0. The molecule has 0 saturated carbocycles. The number of nitrogens with one attached hydrogen (secondary N) is 2. The van der Waals surface area contributed by atoms with Crippen molar-refractivity contribution in [2.75, 3.05) is 14.2 Å². The highest BCUT2D eigenvalue weighted by Crippen LogP contribution is 2.47. The predicted molar refractivity (Wildman–Crippen MR) is 148 cm³/mol. The van der Waals surface area contributed by atoms with Crippen LogP contribution < -0.4 is 10.5 Å². The summed E-state index contributed by atoms with van der Waals surface area (Å²) in [5.74, 6) is -1.91. The van der Waals surface area contributed by atoms with E-state index >= 15 is 0 Å². The van der Waals surface area contributed by atoms with Crippen LogP contribution in [0, 0.1) is 0 Å². The smallest absolute Gasteiger partial charge is 0.347 e. The van der Waals surface area contributed by atoms with Gasteiger partial charge < -0.3 is 28.3 Å². The van der Waals surface area contributed by atoms with Crippen LogP contribution >= 0.6 is 13.3 Å². The zero-order chi connectivity index (χ0) is 28.9. The molecule has 0 heterocycles. The van der Waals surface area contributed by atoms with E-state index in [0.29, 0.717) is 0 Å². The number of carbonyl (C=O) groups is 2.